The summed E-state index contributed by atoms with van der Waals surface area (Å²) in [5.41, 5.74) is 10.6. The summed E-state index contributed by atoms with van der Waals surface area (Å²) in [5, 5.41) is 33.3. The fourth-order valence-corrected chi connectivity index (χ4v) is 2.15. The van der Waals surface area contributed by atoms with E-state index in [0.29, 0.717) is 0 Å². The molecule has 0 aromatic heterocycles. The summed E-state index contributed by atoms with van der Waals surface area (Å²) in [5.74, 6) is -6.04. The number of aliphatic hydroxyl groups excluding tert-OH is 1. The number of aliphatic carboxylic acids is 2. The van der Waals surface area contributed by atoms with Gasteiger partial charge >= 0.3 is 11.9 Å². The van der Waals surface area contributed by atoms with Crippen LogP contribution in [0.2, 0.25) is 0 Å². The normalized spacial score (nSPS) is 14.5. The van der Waals surface area contributed by atoms with Gasteiger partial charge in [-0.25, -0.2) is 4.79 Å². The lowest BCUT2D eigenvalue weighted by Crippen LogP contribution is -2.54. The number of hydrogen-bond donors (Lipinski definition) is 8. The van der Waals surface area contributed by atoms with E-state index >= 15 is 0 Å². The van der Waals surface area contributed by atoms with Gasteiger partial charge in [0.05, 0.1) is 18.7 Å². The van der Waals surface area contributed by atoms with Crippen molar-refractivity contribution in [3.8, 4) is 0 Å². The molecule has 0 rings (SSSR count). The maximum Gasteiger partial charge on any atom is 0.328 e. The Balaban J connectivity index is 4.91. The van der Waals surface area contributed by atoms with Gasteiger partial charge in [-0.3, -0.25) is 24.0 Å². The van der Waals surface area contributed by atoms with E-state index in [1.165, 1.54) is 0 Å². The number of carboxylic acid groups (broad SMARTS) is 2. The minimum absolute atomic E-state index is 0.191. The number of hydrogen-bond acceptors (Lipinski definition) is 8. The molecule has 0 saturated carbocycles. The quantitative estimate of drug-likeness (QED) is 0.132. The first kappa shape index (κ1) is 26.7. The van der Waals surface area contributed by atoms with Crippen LogP contribution in [0.5, 0.6) is 0 Å². The lowest BCUT2D eigenvalue weighted by molar-refractivity contribution is -0.144. The molecule has 0 aliphatic heterocycles. The summed E-state index contributed by atoms with van der Waals surface area (Å²) >= 11 is 0. The minimum atomic E-state index is -1.59. The van der Waals surface area contributed by atoms with Crippen LogP contribution in [0.4, 0.5) is 0 Å². The first-order valence-electron chi connectivity index (χ1n) is 8.89. The van der Waals surface area contributed by atoms with Crippen molar-refractivity contribution >= 4 is 35.6 Å². The molecule has 0 spiro atoms. The molecule has 10 N–H and O–H groups in total. The van der Waals surface area contributed by atoms with E-state index in [9.17, 15) is 33.9 Å². The molecular formula is C16H27N5O9. The molecule has 0 radical (unpaired) electrons. The molecule has 0 aliphatic rings. The van der Waals surface area contributed by atoms with Crippen molar-refractivity contribution in [2.24, 2.45) is 11.5 Å². The monoisotopic (exact) mass is 433 g/mol. The third-order valence-corrected chi connectivity index (χ3v) is 3.81. The fraction of sp³-hybridized carbons (Fsp3) is 0.625. The fourth-order valence-electron chi connectivity index (χ4n) is 2.15. The van der Waals surface area contributed by atoms with Gasteiger partial charge in [-0.05, 0) is 19.8 Å². The molecule has 170 valence electrons. The second-order valence-corrected chi connectivity index (χ2v) is 6.45. The smallest absolute Gasteiger partial charge is 0.328 e. The Morgan fingerprint density at radius 2 is 1.53 bits per heavy atom. The minimum Gasteiger partial charge on any atom is -0.481 e. The molecule has 4 amide bonds. The molecule has 4 unspecified atom stereocenters. The molecule has 14 heteroatoms. The molecule has 0 aliphatic carbocycles. The van der Waals surface area contributed by atoms with Crippen molar-refractivity contribution in [2.45, 2.75) is 56.8 Å². The summed E-state index contributed by atoms with van der Waals surface area (Å²) in [7, 11) is 0. The van der Waals surface area contributed by atoms with Crippen LogP contribution in [0.15, 0.2) is 0 Å². The molecule has 0 aromatic rings. The molecule has 14 nitrogen and oxygen atoms in total. The molecule has 0 bridgehead atoms. The lowest BCUT2D eigenvalue weighted by atomic mass is 10.1. The third kappa shape index (κ3) is 10.9. The standard InChI is InChI=1S/C16H27N5O9/c1-7(22)13(16(29)30)21-11(24)6-19-15(28)9(3-4-10(18)23)20-14(27)8(17)2-5-12(25)26/h7-9,13,22H,2-6,17H2,1H3,(H2,18,23)(H,19,28)(H,20,27)(H,21,24)(H,25,26)(H,29,30). The van der Waals surface area contributed by atoms with Gasteiger partial charge in [0.25, 0.3) is 0 Å². The number of carboxylic acids is 2. The third-order valence-electron chi connectivity index (χ3n) is 3.81. The highest BCUT2D eigenvalue weighted by molar-refractivity contribution is 5.93. The number of aliphatic hydroxyl groups is 1. The number of nitrogens with one attached hydrogen (secondary N) is 3. The number of carbonyl (C=O) groups is 6. The highest BCUT2D eigenvalue weighted by atomic mass is 16.4. The summed E-state index contributed by atoms with van der Waals surface area (Å²) in [6.07, 6.45) is -2.45. The zero-order valence-corrected chi connectivity index (χ0v) is 16.3. The highest BCUT2D eigenvalue weighted by Crippen LogP contribution is 2.01. The van der Waals surface area contributed by atoms with E-state index < -0.39 is 66.3 Å². The second kappa shape index (κ2) is 13.1. The SMILES string of the molecule is CC(O)C(NC(=O)CNC(=O)C(CCC(N)=O)NC(=O)C(N)CCC(=O)O)C(=O)O. The average Bonchev–Trinajstić information content (AvgIpc) is 2.64. The van der Waals surface area contributed by atoms with Crippen LogP contribution in [-0.4, -0.2) is 81.7 Å². The first-order chi connectivity index (χ1) is 13.8. The van der Waals surface area contributed by atoms with E-state index in [4.69, 9.17) is 21.7 Å². The van der Waals surface area contributed by atoms with Crippen molar-refractivity contribution in [1.82, 2.24) is 16.0 Å². The van der Waals surface area contributed by atoms with Crippen molar-refractivity contribution in [1.29, 1.82) is 0 Å². The van der Waals surface area contributed by atoms with Crippen molar-refractivity contribution in [2.75, 3.05) is 6.54 Å². The summed E-state index contributed by atoms with van der Waals surface area (Å²) in [4.78, 5) is 68.6. The van der Waals surface area contributed by atoms with Gasteiger partial charge in [0, 0.05) is 12.8 Å². The molecule has 0 fully saturated rings. The van der Waals surface area contributed by atoms with Crippen LogP contribution in [0.3, 0.4) is 0 Å². The van der Waals surface area contributed by atoms with Gasteiger partial charge in [0.15, 0.2) is 6.04 Å². The number of carbonyl (C=O) groups excluding carboxylic acids is 4. The predicted molar refractivity (Wildman–Crippen MR) is 99.5 cm³/mol. The predicted octanol–water partition coefficient (Wildman–Crippen LogP) is -4.00. The van der Waals surface area contributed by atoms with Gasteiger partial charge in [0.1, 0.15) is 6.04 Å². The van der Waals surface area contributed by atoms with Crippen LogP contribution in [0.25, 0.3) is 0 Å². The Kier molecular flexibility index (Phi) is 11.6. The van der Waals surface area contributed by atoms with Gasteiger partial charge in [0.2, 0.25) is 23.6 Å². The molecule has 0 aromatic carbocycles. The summed E-state index contributed by atoms with van der Waals surface area (Å²) in [6, 6.07) is -4.12. The second-order valence-electron chi connectivity index (χ2n) is 6.45. The molecule has 30 heavy (non-hydrogen) atoms. The highest BCUT2D eigenvalue weighted by Gasteiger charge is 2.27. The van der Waals surface area contributed by atoms with Crippen LogP contribution in [-0.2, 0) is 28.8 Å². The first-order valence-corrected chi connectivity index (χ1v) is 8.89. The van der Waals surface area contributed by atoms with E-state index in [1.54, 1.807) is 0 Å². The Morgan fingerprint density at radius 3 is 2.00 bits per heavy atom. The topological polar surface area (TPSA) is 251 Å². The molecular weight excluding hydrogens is 406 g/mol. The number of amides is 4. The van der Waals surface area contributed by atoms with Crippen LogP contribution >= 0.6 is 0 Å². The zero-order chi connectivity index (χ0) is 23.4. The largest absolute Gasteiger partial charge is 0.481 e. The molecule has 0 heterocycles. The Labute approximate surface area is 171 Å². The van der Waals surface area contributed by atoms with Crippen LogP contribution < -0.4 is 27.4 Å². The van der Waals surface area contributed by atoms with Gasteiger partial charge in [-0.2, -0.15) is 0 Å². The van der Waals surface area contributed by atoms with Gasteiger partial charge in [-0.1, -0.05) is 0 Å². The van der Waals surface area contributed by atoms with E-state index in [1.807, 2.05) is 5.32 Å². The Morgan fingerprint density at radius 1 is 0.933 bits per heavy atom. The van der Waals surface area contributed by atoms with E-state index in [-0.39, 0.29) is 25.7 Å². The van der Waals surface area contributed by atoms with Gasteiger partial charge in [-0.15, -0.1) is 0 Å². The van der Waals surface area contributed by atoms with E-state index in [2.05, 4.69) is 10.6 Å². The average molecular weight is 433 g/mol. The Bertz CT molecular complexity index is 667. The maximum absolute atomic E-state index is 12.3. The van der Waals surface area contributed by atoms with Gasteiger partial charge < -0.3 is 42.7 Å². The Hall–Kier alpha value is -3.26. The van der Waals surface area contributed by atoms with Crippen LogP contribution in [0, 0.1) is 0 Å². The van der Waals surface area contributed by atoms with Crippen molar-refractivity contribution < 1.29 is 44.1 Å². The van der Waals surface area contributed by atoms with E-state index in [0.717, 1.165) is 6.92 Å². The van der Waals surface area contributed by atoms with Crippen molar-refractivity contribution in [3.05, 3.63) is 0 Å². The maximum atomic E-state index is 12.3. The summed E-state index contributed by atoms with van der Waals surface area (Å²) in [6.45, 7) is 0.476. The van der Waals surface area contributed by atoms with Crippen LogP contribution in [0.1, 0.15) is 32.6 Å². The summed E-state index contributed by atoms with van der Waals surface area (Å²) < 4.78 is 0. The number of nitrogens with two attached hydrogens (primary N) is 2. The lowest BCUT2D eigenvalue weighted by Gasteiger charge is -2.21. The van der Waals surface area contributed by atoms with Crippen molar-refractivity contribution in [3.63, 3.8) is 0 Å². The number of primary amides is 1. The zero-order valence-electron chi connectivity index (χ0n) is 16.3. The number of rotatable bonds is 14. The molecule has 0 saturated heterocycles. The molecule has 4 atom stereocenters.